The van der Waals surface area contributed by atoms with Crippen molar-refractivity contribution in [1.29, 1.82) is 0 Å². The minimum atomic E-state index is -0.540. The van der Waals surface area contributed by atoms with Gasteiger partial charge in [0.2, 0.25) is 0 Å². The van der Waals surface area contributed by atoms with Crippen molar-refractivity contribution >= 4 is 5.97 Å². The molecule has 17 heavy (non-hydrogen) atoms. The van der Waals surface area contributed by atoms with Crippen molar-refractivity contribution in [2.45, 2.75) is 37.4 Å². The second kappa shape index (κ2) is 3.84. The molecule has 0 radical (unpaired) electrons. The molecule has 2 fully saturated rings. The lowest BCUT2D eigenvalue weighted by Gasteiger charge is -2.43. The average Bonchev–Trinajstić information content (AvgIpc) is 3.12. The lowest BCUT2D eigenvalue weighted by atomic mass is 9.74. The van der Waals surface area contributed by atoms with Crippen molar-refractivity contribution in [2.24, 2.45) is 5.92 Å². The molecule has 3 nitrogen and oxygen atoms in total. The number of carbonyl (C=O) groups excluding carboxylic acids is 1. The second-order valence-electron chi connectivity index (χ2n) is 5.18. The predicted octanol–water partition coefficient (Wildman–Crippen LogP) is 2.15. The molecule has 0 amide bonds. The summed E-state index contributed by atoms with van der Waals surface area (Å²) in [7, 11) is 0. The summed E-state index contributed by atoms with van der Waals surface area (Å²) in [5.74, 6) is 0.169. The van der Waals surface area contributed by atoms with Crippen LogP contribution in [0.15, 0.2) is 30.3 Å². The maximum Gasteiger partial charge on any atom is 0.338 e. The molecule has 2 aliphatic carbocycles. The zero-order valence-corrected chi connectivity index (χ0v) is 9.63. The second-order valence-corrected chi connectivity index (χ2v) is 5.18. The maximum absolute atomic E-state index is 11.7. The summed E-state index contributed by atoms with van der Waals surface area (Å²) in [5.41, 5.74) is 0.0381. The number of hydrogen-bond acceptors (Lipinski definition) is 3. The highest BCUT2D eigenvalue weighted by atomic mass is 16.5. The van der Waals surface area contributed by atoms with Gasteiger partial charge in [-0.25, -0.2) is 4.79 Å². The lowest BCUT2D eigenvalue weighted by Crippen LogP contribution is -2.50. The number of benzene rings is 1. The molecule has 2 saturated carbocycles. The van der Waals surface area contributed by atoms with Crippen LogP contribution in [0.4, 0.5) is 0 Å². The number of hydrogen-bond donors (Lipinski definition) is 1. The van der Waals surface area contributed by atoms with E-state index in [0.29, 0.717) is 24.3 Å². The Labute approximate surface area is 100 Å². The number of ether oxygens (including phenoxy) is 1. The molecule has 0 unspecified atom stereocenters. The summed E-state index contributed by atoms with van der Waals surface area (Å²) in [6.07, 6.45) is 3.35. The fraction of sp³-hybridized carbons (Fsp3) is 0.500. The Hall–Kier alpha value is -1.35. The Bertz CT molecular complexity index is 416. The van der Waals surface area contributed by atoms with Crippen LogP contribution in [-0.2, 0) is 4.74 Å². The van der Waals surface area contributed by atoms with E-state index >= 15 is 0 Å². The van der Waals surface area contributed by atoms with E-state index in [4.69, 9.17) is 4.74 Å². The van der Waals surface area contributed by atoms with E-state index in [9.17, 15) is 9.90 Å². The molecule has 3 heteroatoms. The molecule has 2 aliphatic rings. The first-order valence-electron chi connectivity index (χ1n) is 6.16. The quantitative estimate of drug-likeness (QED) is 0.812. The highest BCUT2D eigenvalue weighted by molar-refractivity contribution is 5.89. The van der Waals surface area contributed by atoms with E-state index in [-0.39, 0.29) is 12.1 Å². The molecular weight excluding hydrogens is 216 g/mol. The fourth-order valence-corrected chi connectivity index (χ4v) is 2.56. The molecule has 1 aromatic carbocycles. The van der Waals surface area contributed by atoms with Crippen molar-refractivity contribution < 1.29 is 14.6 Å². The molecule has 0 bridgehead atoms. The zero-order valence-electron chi connectivity index (χ0n) is 9.63. The monoisotopic (exact) mass is 232 g/mol. The van der Waals surface area contributed by atoms with Gasteiger partial charge in [0.1, 0.15) is 6.10 Å². The normalized spacial score (nSPS) is 31.7. The van der Waals surface area contributed by atoms with Gasteiger partial charge in [-0.2, -0.15) is 0 Å². The van der Waals surface area contributed by atoms with Crippen molar-refractivity contribution in [3.8, 4) is 0 Å². The van der Waals surface area contributed by atoms with Crippen LogP contribution in [-0.4, -0.2) is 22.8 Å². The summed E-state index contributed by atoms with van der Waals surface area (Å²) in [4.78, 5) is 11.7. The first kappa shape index (κ1) is 10.8. The van der Waals surface area contributed by atoms with E-state index in [0.717, 1.165) is 12.8 Å². The van der Waals surface area contributed by atoms with Crippen LogP contribution in [0.3, 0.4) is 0 Å². The Kier molecular flexibility index (Phi) is 2.44. The Morgan fingerprint density at radius 1 is 1.24 bits per heavy atom. The van der Waals surface area contributed by atoms with E-state index in [2.05, 4.69) is 0 Å². The summed E-state index contributed by atoms with van der Waals surface area (Å²) in [6, 6.07) is 8.99. The SMILES string of the molecule is O=C(OC1CC(O)(C2CC2)C1)c1ccccc1. The third-order valence-corrected chi connectivity index (χ3v) is 3.78. The van der Waals surface area contributed by atoms with Crippen LogP contribution in [0.25, 0.3) is 0 Å². The first-order valence-corrected chi connectivity index (χ1v) is 6.16. The van der Waals surface area contributed by atoms with Gasteiger partial charge in [-0.3, -0.25) is 0 Å². The van der Waals surface area contributed by atoms with Crippen molar-refractivity contribution in [3.05, 3.63) is 35.9 Å². The van der Waals surface area contributed by atoms with Gasteiger partial charge in [-0.15, -0.1) is 0 Å². The predicted molar refractivity (Wildman–Crippen MR) is 62.6 cm³/mol. The van der Waals surface area contributed by atoms with Gasteiger partial charge < -0.3 is 9.84 Å². The molecule has 0 aromatic heterocycles. The van der Waals surface area contributed by atoms with Gasteiger partial charge in [0, 0.05) is 12.8 Å². The van der Waals surface area contributed by atoms with Gasteiger partial charge in [0.15, 0.2) is 0 Å². The molecule has 0 heterocycles. The topological polar surface area (TPSA) is 46.5 Å². The molecule has 90 valence electrons. The van der Waals surface area contributed by atoms with E-state index in [1.165, 1.54) is 0 Å². The van der Waals surface area contributed by atoms with Crippen molar-refractivity contribution in [3.63, 3.8) is 0 Å². The van der Waals surface area contributed by atoms with Gasteiger partial charge >= 0.3 is 5.97 Å². The lowest BCUT2D eigenvalue weighted by molar-refractivity contribution is -0.131. The molecule has 1 N–H and O–H groups in total. The van der Waals surface area contributed by atoms with Crippen LogP contribution < -0.4 is 0 Å². The smallest absolute Gasteiger partial charge is 0.338 e. The largest absolute Gasteiger partial charge is 0.459 e. The molecule has 3 rings (SSSR count). The third kappa shape index (κ3) is 2.07. The number of carbonyl (C=O) groups is 1. The number of aliphatic hydroxyl groups is 1. The number of rotatable bonds is 3. The minimum absolute atomic E-state index is 0.103. The van der Waals surface area contributed by atoms with Crippen LogP contribution >= 0.6 is 0 Å². The first-order chi connectivity index (χ1) is 8.17. The van der Waals surface area contributed by atoms with Gasteiger partial charge in [-0.05, 0) is 30.9 Å². The van der Waals surface area contributed by atoms with E-state index in [1.807, 2.05) is 18.2 Å². The fourth-order valence-electron chi connectivity index (χ4n) is 2.56. The summed E-state index contributed by atoms with van der Waals surface area (Å²) >= 11 is 0. The van der Waals surface area contributed by atoms with Crippen LogP contribution in [0.5, 0.6) is 0 Å². The highest BCUT2D eigenvalue weighted by Crippen LogP contribution is 2.51. The van der Waals surface area contributed by atoms with Gasteiger partial charge in [0.25, 0.3) is 0 Å². The summed E-state index contributed by atoms with van der Waals surface area (Å²) in [5, 5.41) is 10.1. The maximum atomic E-state index is 11.7. The van der Waals surface area contributed by atoms with Crippen LogP contribution in [0.2, 0.25) is 0 Å². The summed E-state index contributed by atoms with van der Waals surface area (Å²) in [6.45, 7) is 0. The van der Waals surface area contributed by atoms with Crippen LogP contribution in [0, 0.1) is 5.92 Å². The van der Waals surface area contributed by atoms with E-state index < -0.39 is 5.60 Å². The van der Waals surface area contributed by atoms with E-state index in [1.54, 1.807) is 12.1 Å². The Balaban J connectivity index is 1.54. The molecule has 0 saturated heterocycles. The van der Waals surface area contributed by atoms with Crippen molar-refractivity contribution in [2.75, 3.05) is 0 Å². The average molecular weight is 232 g/mol. The Morgan fingerprint density at radius 3 is 2.47 bits per heavy atom. The third-order valence-electron chi connectivity index (χ3n) is 3.78. The standard InChI is InChI=1S/C14H16O3/c15-13(10-4-2-1-3-5-10)17-12-8-14(16,9-12)11-6-7-11/h1-5,11-12,16H,6-9H2. The Morgan fingerprint density at radius 2 is 1.88 bits per heavy atom. The molecule has 0 atom stereocenters. The summed E-state index contributed by atoms with van der Waals surface area (Å²) < 4.78 is 5.35. The highest BCUT2D eigenvalue weighted by Gasteiger charge is 2.53. The molecule has 0 aliphatic heterocycles. The molecular formula is C14H16O3. The van der Waals surface area contributed by atoms with Gasteiger partial charge in [0.05, 0.1) is 11.2 Å². The molecule has 1 aromatic rings. The van der Waals surface area contributed by atoms with Gasteiger partial charge in [-0.1, -0.05) is 18.2 Å². The number of esters is 1. The molecule has 0 spiro atoms. The minimum Gasteiger partial charge on any atom is -0.459 e. The van der Waals surface area contributed by atoms with Crippen molar-refractivity contribution in [1.82, 2.24) is 0 Å². The van der Waals surface area contributed by atoms with Crippen LogP contribution in [0.1, 0.15) is 36.0 Å². The zero-order chi connectivity index (χ0) is 11.9.